The first-order valence-electron chi connectivity index (χ1n) is 8.52. The highest BCUT2D eigenvalue weighted by molar-refractivity contribution is 7.92. The normalized spacial score (nSPS) is 11.4. The summed E-state index contributed by atoms with van der Waals surface area (Å²) in [5.74, 6) is -0.518. The number of sulfonamides is 1. The van der Waals surface area contributed by atoms with E-state index in [9.17, 15) is 22.0 Å². The summed E-state index contributed by atoms with van der Waals surface area (Å²) in [6.45, 7) is -1.26. The van der Waals surface area contributed by atoms with Crippen LogP contribution in [0.1, 0.15) is 15.9 Å². The van der Waals surface area contributed by atoms with Crippen LogP contribution in [0.4, 0.5) is 19.6 Å². The lowest BCUT2D eigenvalue weighted by atomic mass is 10.1. The molecule has 0 atom stereocenters. The molecule has 3 rings (SSSR count). The van der Waals surface area contributed by atoms with Crippen LogP contribution in [0.3, 0.4) is 0 Å². The van der Waals surface area contributed by atoms with Crippen molar-refractivity contribution in [2.45, 2.75) is 13.5 Å². The quantitative estimate of drug-likeness (QED) is 0.555. The topological polar surface area (TPSA) is 97.4 Å². The van der Waals surface area contributed by atoms with Crippen molar-refractivity contribution in [1.29, 1.82) is 0 Å². The van der Waals surface area contributed by atoms with E-state index in [0.717, 1.165) is 17.6 Å². The third kappa shape index (κ3) is 5.51. The van der Waals surface area contributed by atoms with Crippen LogP contribution < -0.4 is 14.8 Å². The predicted molar refractivity (Wildman–Crippen MR) is 112 cm³/mol. The molecular weight excluding hydrogens is 436 g/mol. The first kappa shape index (κ1) is 21.7. The van der Waals surface area contributed by atoms with Gasteiger partial charge in [0.05, 0.1) is 17.6 Å². The van der Waals surface area contributed by atoms with Gasteiger partial charge in [-0.3, -0.25) is 14.8 Å². The van der Waals surface area contributed by atoms with Gasteiger partial charge in [0.1, 0.15) is 5.75 Å². The number of carbonyl (C=O) groups excluding carboxylic acids is 1. The molecule has 11 heteroatoms. The standard InChI is InChI=1S/C19H17F2N3O4S2/c1-11-7-8-12(9-14(11)24-30(2,26)27)17(25)23-19-22-15(10-29-19)13-5-3-4-6-16(13)28-18(20)21/h3-10,18,24H,1-2H3,(H,22,23,25). The molecule has 0 radical (unpaired) electrons. The molecule has 158 valence electrons. The van der Waals surface area contributed by atoms with Crippen LogP contribution in [0.5, 0.6) is 5.75 Å². The van der Waals surface area contributed by atoms with Crippen LogP contribution in [0.15, 0.2) is 47.8 Å². The summed E-state index contributed by atoms with van der Waals surface area (Å²) < 4.78 is 55.0. The Kier molecular flexibility index (Phi) is 6.32. The highest BCUT2D eigenvalue weighted by Crippen LogP contribution is 2.33. The molecule has 0 unspecified atom stereocenters. The van der Waals surface area contributed by atoms with Crippen LogP contribution in [0, 0.1) is 6.92 Å². The lowest BCUT2D eigenvalue weighted by molar-refractivity contribution is -0.0494. The molecule has 0 aliphatic heterocycles. The Labute approximate surface area is 175 Å². The average molecular weight is 453 g/mol. The molecule has 0 saturated heterocycles. The van der Waals surface area contributed by atoms with Crippen molar-refractivity contribution in [3.63, 3.8) is 0 Å². The second-order valence-corrected chi connectivity index (χ2v) is 8.88. The number of nitrogens with zero attached hydrogens (tertiary/aromatic N) is 1. The Balaban J connectivity index is 1.80. The Bertz CT molecular complexity index is 1180. The van der Waals surface area contributed by atoms with Gasteiger partial charge in [-0.05, 0) is 36.8 Å². The first-order valence-corrected chi connectivity index (χ1v) is 11.3. The van der Waals surface area contributed by atoms with Crippen molar-refractivity contribution in [1.82, 2.24) is 4.98 Å². The first-order chi connectivity index (χ1) is 14.1. The average Bonchev–Trinajstić information content (AvgIpc) is 3.10. The highest BCUT2D eigenvalue weighted by atomic mass is 32.2. The summed E-state index contributed by atoms with van der Waals surface area (Å²) in [6, 6.07) is 10.8. The molecule has 0 bridgehead atoms. The highest BCUT2D eigenvalue weighted by Gasteiger charge is 2.16. The molecule has 1 aromatic heterocycles. The number of benzene rings is 2. The Morgan fingerprint density at radius 1 is 1.20 bits per heavy atom. The van der Waals surface area contributed by atoms with Crippen molar-refractivity contribution in [3.8, 4) is 17.0 Å². The largest absolute Gasteiger partial charge is 0.434 e. The van der Waals surface area contributed by atoms with Crippen molar-refractivity contribution >= 4 is 38.1 Å². The van der Waals surface area contributed by atoms with E-state index in [1.165, 1.54) is 12.1 Å². The maximum Gasteiger partial charge on any atom is 0.387 e. The summed E-state index contributed by atoms with van der Waals surface area (Å²) in [7, 11) is -3.50. The number of aromatic nitrogens is 1. The van der Waals surface area contributed by atoms with E-state index in [-0.39, 0.29) is 16.4 Å². The zero-order valence-electron chi connectivity index (χ0n) is 15.8. The number of hydrogen-bond acceptors (Lipinski definition) is 6. The molecule has 0 saturated carbocycles. The molecule has 1 heterocycles. The third-order valence-corrected chi connectivity index (χ3v) is 5.25. The summed E-state index contributed by atoms with van der Waals surface area (Å²) in [6.07, 6.45) is 1.02. The zero-order chi connectivity index (χ0) is 21.9. The molecule has 0 aliphatic carbocycles. The molecule has 1 amide bonds. The van der Waals surface area contributed by atoms with E-state index < -0.39 is 22.5 Å². The molecule has 2 aromatic carbocycles. The second-order valence-electron chi connectivity index (χ2n) is 6.27. The maximum absolute atomic E-state index is 12.6. The molecule has 2 N–H and O–H groups in total. The van der Waals surface area contributed by atoms with Crippen LogP contribution in [-0.2, 0) is 10.0 Å². The zero-order valence-corrected chi connectivity index (χ0v) is 17.5. The number of aryl methyl sites for hydroxylation is 1. The van der Waals surface area contributed by atoms with Crippen LogP contribution in [0.2, 0.25) is 0 Å². The number of nitrogens with one attached hydrogen (secondary N) is 2. The van der Waals surface area contributed by atoms with E-state index in [4.69, 9.17) is 0 Å². The number of ether oxygens (including phenoxy) is 1. The number of carbonyl (C=O) groups is 1. The number of para-hydroxylation sites is 1. The molecule has 0 aliphatic rings. The van der Waals surface area contributed by atoms with Crippen LogP contribution in [0.25, 0.3) is 11.3 Å². The fourth-order valence-electron chi connectivity index (χ4n) is 2.57. The number of hydrogen-bond donors (Lipinski definition) is 2. The van der Waals surface area contributed by atoms with Crippen LogP contribution >= 0.6 is 11.3 Å². The lowest BCUT2D eigenvalue weighted by Gasteiger charge is -2.10. The second kappa shape index (κ2) is 8.76. The van der Waals surface area contributed by atoms with Gasteiger partial charge in [-0.1, -0.05) is 18.2 Å². The minimum atomic E-state index is -3.50. The Morgan fingerprint density at radius 3 is 2.63 bits per heavy atom. The predicted octanol–water partition coefficient (Wildman–Crippen LogP) is 4.34. The van der Waals surface area contributed by atoms with Crippen molar-refractivity contribution in [2.24, 2.45) is 0 Å². The van der Waals surface area contributed by atoms with Gasteiger partial charge in [-0.2, -0.15) is 8.78 Å². The lowest BCUT2D eigenvalue weighted by Crippen LogP contribution is -2.14. The SMILES string of the molecule is Cc1ccc(C(=O)Nc2nc(-c3ccccc3OC(F)F)cs2)cc1NS(C)(=O)=O. The summed E-state index contributed by atoms with van der Waals surface area (Å²) >= 11 is 1.11. The van der Waals surface area contributed by atoms with E-state index in [1.807, 2.05) is 0 Å². The molecule has 3 aromatic rings. The van der Waals surface area contributed by atoms with Crippen molar-refractivity contribution in [2.75, 3.05) is 16.3 Å². The molecule has 0 fully saturated rings. The third-order valence-electron chi connectivity index (χ3n) is 3.90. The van der Waals surface area contributed by atoms with Crippen LogP contribution in [-0.4, -0.2) is 32.2 Å². The summed E-state index contributed by atoms with van der Waals surface area (Å²) in [4.78, 5) is 16.8. The summed E-state index contributed by atoms with van der Waals surface area (Å²) in [5.41, 5.74) is 1.91. The van der Waals surface area contributed by atoms with Gasteiger partial charge in [0, 0.05) is 16.5 Å². The minimum Gasteiger partial charge on any atom is -0.434 e. The van der Waals surface area contributed by atoms with E-state index in [1.54, 1.807) is 42.6 Å². The Hall–Kier alpha value is -3.05. The number of alkyl halides is 2. The Morgan fingerprint density at radius 2 is 1.93 bits per heavy atom. The van der Waals surface area contributed by atoms with Gasteiger partial charge < -0.3 is 4.74 Å². The van der Waals surface area contributed by atoms with Gasteiger partial charge >= 0.3 is 6.61 Å². The number of rotatable bonds is 7. The summed E-state index contributed by atoms with van der Waals surface area (Å²) in [5, 5.41) is 4.48. The van der Waals surface area contributed by atoms with Gasteiger partial charge in [0.2, 0.25) is 10.0 Å². The van der Waals surface area contributed by atoms with Gasteiger partial charge in [0.25, 0.3) is 5.91 Å². The van der Waals surface area contributed by atoms with Gasteiger partial charge in [0.15, 0.2) is 5.13 Å². The number of anilines is 2. The monoisotopic (exact) mass is 453 g/mol. The molecule has 0 spiro atoms. The molecular formula is C19H17F2N3O4S2. The molecule has 30 heavy (non-hydrogen) atoms. The molecule has 7 nitrogen and oxygen atoms in total. The maximum atomic E-state index is 12.6. The number of amides is 1. The van der Waals surface area contributed by atoms with Gasteiger partial charge in [-0.15, -0.1) is 11.3 Å². The minimum absolute atomic E-state index is 0.0225. The van der Waals surface area contributed by atoms with E-state index in [0.29, 0.717) is 22.5 Å². The fraction of sp³-hybridized carbons (Fsp3) is 0.158. The smallest absolute Gasteiger partial charge is 0.387 e. The fourth-order valence-corrected chi connectivity index (χ4v) is 3.90. The van der Waals surface area contributed by atoms with E-state index in [2.05, 4.69) is 19.8 Å². The number of thiazole rings is 1. The van der Waals surface area contributed by atoms with E-state index >= 15 is 0 Å². The van der Waals surface area contributed by atoms with Crippen molar-refractivity contribution in [3.05, 3.63) is 59.0 Å². The van der Waals surface area contributed by atoms with Gasteiger partial charge in [-0.25, -0.2) is 13.4 Å². The van der Waals surface area contributed by atoms with Crippen molar-refractivity contribution < 1.29 is 26.7 Å². The number of halogens is 2.